The van der Waals surface area contributed by atoms with E-state index < -0.39 is 55.0 Å². The summed E-state index contributed by atoms with van der Waals surface area (Å²) in [6.45, 7) is 2.57. The maximum Gasteiger partial charge on any atom is 0.326 e. The zero-order valence-electron chi connectivity index (χ0n) is 18.6. The van der Waals surface area contributed by atoms with Crippen molar-refractivity contribution in [2.45, 2.75) is 44.8 Å². The fourth-order valence-electron chi connectivity index (χ4n) is 3.29. The lowest BCUT2D eigenvalue weighted by atomic mass is 9.97. The van der Waals surface area contributed by atoms with Gasteiger partial charge in [-0.25, -0.2) is 4.79 Å². The molecule has 1 heterocycles. The number of aliphatic carboxylic acids is 1. The predicted octanol–water partition coefficient (Wildman–Crippen LogP) is -0.753. The van der Waals surface area contributed by atoms with E-state index in [9.17, 15) is 24.3 Å². The minimum absolute atomic E-state index is 0.0569. The van der Waals surface area contributed by atoms with E-state index in [0.717, 1.165) is 16.5 Å². The van der Waals surface area contributed by atoms with Crippen molar-refractivity contribution < 1.29 is 29.4 Å². The fourth-order valence-corrected chi connectivity index (χ4v) is 3.29. The Hall–Kier alpha value is -3.44. The number of carbonyl (C=O) groups excluding carboxylic acids is 3. The summed E-state index contributed by atoms with van der Waals surface area (Å²) in [6, 6.07) is 4.06. The van der Waals surface area contributed by atoms with E-state index in [1.54, 1.807) is 13.1 Å². The molecule has 0 aliphatic rings. The van der Waals surface area contributed by atoms with E-state index in [2.05, 4.69) is 20.9 Å². The number of aromatic nitrogens is 1. The molecule has 0 bridgehead atoms. The zero-order chi connectivity index (χ0) is 24.5. The number of carboxylic acid groups (broad SMARTS) is 1. The van der Waals surface area contributed by atoms with Gasteiger partial charge in [0.15, 0.2) is 0 Å². The highest BCUT2D eigenvalue weighted by Gasteiger charge is 2.30. The summed E-state index contributed by atoms with van der Waals surface area (Å²) in [4.78, 5) is 51.8. The minimum atomic E-state index is -1.21. The topological polar surface area (TPSA) is 187 Å². The number of nitrogens with one attached hydrogen (secondary N) is 4. The molecule has 3 amide bonds. The number of hydrogen-bond donors (Lipinski definition) is 7. The van der Waals surface area contributed by atoms with Crippen LogP contribution >= 0.6 is 0 Å². The maximum atomic E-state index is 12.9. The van der Waals surface area contributed by atoms with Crippen LogP contribution in [0.15, 0.2) is 30.5 Å². The Morgan fingerprint density at radius 1 is 1.12 bits per heavy atom. The minimum Gasteiger partial charge on any atom is -0.480 e. The standard InChI is InChI=1S/C22H31N5O6/c1-3-12(2)19(27-18(29)10-25-20(30)15(23)11-28)21(31)26-17(22(32)33)8-13-9-24-16-7-5-4-6-14(13)16/h4-7,9,12,15,17,19,24,28H,3,8,10-11,23H2,1-2H3,(H,25,30)(H,26,31)(H,27,29)(H,32,33). The molecule has 1 aromatic heterocycles. The number of benzene rings is 1. The van der Waals surface area contributed by atoms with E-state index in [1.807, 2.05) is 31.2 Å². The first-order chi connectivity index (χ1) is 15.7. The molecule has 4 atom stereocenters. The third-order valence-corrected chi connectivity index (χ3v) is 5.48. The first-order valence-corrected chi connectivity index (χ1v) is 10.7. The predicted molar refractivity (Wildman–Crippen MR) is 121 cm³/mol. The van der Waals surface area contributed by atoms with Gasteiger partial charge in [0.1, 0.15) is 18.1 Å². The van der Waals surface area contributed by atoms with Crippen molar-refractivity contribution in [3.05, 3.63) is 36.0 Å². The molecule has 2 rings (SSSR count). The molecule has 8 N–H and O–H groups in total. The molecule has 1 aromatic carbocycles. The fraction of sp³-hybridized carbons (Fsp3) is 0.455. The number of rotatable bonds is 12. The number of carbonyl (C=O) groups is 4. The molecule has 2 aromatic rings. The summed E-state index contributed by atoms with van der Waals surface area (Å²) in [5.41, 5.74) is 6.98. The molecule has 0 aliphatic carbocycles. The molecule has 0 saturated heterocycles. The normalized spacial score (nSPS) is 14.7. The molecule has 180 valence electrons. The summed E-state index contributed by atoms with van der Waals surface area (Å²) < 4.78 is 0. The Morgan fingerprint density at radius 3 is 2.45 bits per heavy atom. The highest BCUT2D eigenvalue weighted by atomic mass is 16.4. The van der Waals surface area contributed by atoms with E-state index in [-0.39, 0.29) is 12.3 Å². The number of aromatic amines is 1. The molecule has 33 heavy (non-hydrogen) atoms. The smallest absolute Gasteiger partial charge is 0.326 e. The van der Waals surface area contributed by atoms with Gasteiger partial charge in [-0.3, -0.25) is 14.4 Å². The highest BCUT2D eigenvalue weighted by molar-refractivity contribution is 5.93. The van der Waals surface area contributed by atoms with Gasteiger partial charge in [-0.05, 0) is 17.5 Å². The van der Waals surface area contributed by atoms with Crippen LogP contribution in [0.4, 0.5) is 0 Å². The lowest BCUT2D eigenvalue weighted by molar-refractivity contribution is -0.142. The Balaban J connectivity index is 2.07. The quantitative estimate of drug-likeness (QED) is 0.216. The van der Waals surface area contributed by atoms with Crippen LogP contribution < -0.4 is 21.7 Å². The van der Waals surface area contributed by atoms with Crippen molar-refractivity contribution >= 4 is 34.6 Å². The van der Waals surface area contributed by atoms with Gasteiger partial charge in [-0.1, -0.05) is 38.5 Å². The van der Waals surface area contributed by atoms with Gasteiger partial charge >= 0.3 is 5.97 Å². The number of hydrogen-bond acceptors (Lipinski definition) is 6. The zero-order valence-corrected chi connectivity index (χ0v) is 18.6. The SMILES string of the molecule is CCC(C)C(NC(=O)CNC(=O)C(N)CO)C(=O)NC(Cc1c[nH]c2ccccc12)C(=O)O. The summed E-state index contributed by atoms with van der Waals surface area (Å²) in [5, 5.41) is 26.8. The molecular weight excluding hydrogens is 430 g/mol. The number of H-pyrrole nitrogens is 1. The summed E-state index contributed by atoms with van der Waals surface area (Å²) >= 11 is 0. The van der Waals surface area contributed by atoms with E-state index >= 15 is 0 Å². The number of fused-ring (bicyclic) bond motifs is 1. The molecular formula is C22H31N5O6. The first-order valence-electron chi connectivity index (χ1n) is 10.7. The number of carboxylic acids is 1. The van der Waals surface area contributed by atoms with E-state index in [1.165, 1.54) is 0 Å². The van der Waals surface area contributed by atoms with Crippen LogP contribution in [-0.2, 0) is 25.6 Å². The second-order valence-corrected chi connectivity index (χ2v) is 7.90. The van der Waals surface area contributed by atoms with E-state index in [0.29, 0.717) is 6.42 Å². The maximum absolute atomic E-state index is 12.9. The number of aliphatic hydroxyl groups is 1. The lowest BCUT2D eigenvalue weighted by Gasteiger charge is -2.25. The molecule has 11 nitrogen and oxygen atoms in total. The van der Waals surface area contributed by atoms with Crippen LogP contribution in [0.1, 0.15) is 25.8 Å². The van der Waals surface area contributed by atoms with Crippen molar-refractivity contribution in [2.24, 2.45) is 11.7 Å². The molecule has 0 fully saturated rings. The molecule has 0 spiro atoms. The lowest BCUT2D eigenvalue weighted by Crippen LogP contribution is -2.56. The highest BCUT2D eigenvalue weighted by Crippen LogP contribution is 2.19. The van der Waals surface area contributed by atoms with Crippen molar-refractivity contribution in [3.8, 4) is 0 Å². The average Bonchev–Trinajstić information content (AvgIpc) is 3.22. The van der Waals surface area contributed by atoms with Crippen molar-refractivity contribution in [3.63, 3.8) is 0 Å². The van der Waals surface area contributed by atoms with Gasteiger partial charge in [-0.2, -0.15) is 0 Å². The van der Waals surface area contributed by atoms with Crippen LogP contribution in [0, 0.1) is 5.92 Å². The van der Waals surface area contributed by atoms with Crippen LogP contribution in [-0.4, -0.2) is 70.2 Å². The summed E-state index contributed by atoms with van der Waals surface area (Å²) in [6.07, 6.45) is 2.31. The first kappa shape index (κ1) is 25.8. The molecule has 0 saturated carbocycles. The van der Waals surface area contributed by atoms with E-state index in [4.69, 9.17) is 10.8 Å². The van der Waals surface area contributed by atoms with Crippen LogP contribution in [0.25, 0.3) is 10.9 Å². The third-order valence-electron chi connectivity index (χ3n) is 5.48. The van der Waals surface area contributed by atoms with Crippen molar-refractivity contribution in [1.29, 1.82) is 0 Å². The van der Waals surface area contributed by atoms with Gasteiger partial charge in [0.2, 0.25) is 17.7 Å². The third kappa shape index (κ3) is 7.02. The Labute approximate surface area is 191 Å². The monoisotopic (exact) mass is 461 g/mol. The number of amides is 3. The van der Waals surface area contributed by atoms with Crippen LogP contribution in [0.3, 0.4) is 0 Å². The summed E-state index contributed by atoms with van der Waals surface area (Å²) in [5.74, 6) is -3.48. The van der Waals surface area contributed by atoms with Gasteiger partial charge in [0, 0.05) is 23.5 Å². The second-order valence-electron chi connectivity index (χ2n) is 7.90. The molecule has 0 aliphatic heterocycles. The largest absolute Gasteiger partial charge is 0.480 e. The van der Waals surface area contributed by atoms with Gasteiger partial charge in [-0.15, -0.1) is 0 Å². The second kappa shape index (κ2) is 12.0. The number of aliphatic hydroxyl groups excluding tert-OH is 1. The molecule has 4 unspecified atom stereocenters. The summed E-state index contributed by atoms with van der Waals surface area (Å²) in [7, 11) is 0. The van der Waals surface area contributed by atoms with Gasteiger partial charge < -0.3 is 36.9 Å². The van der Waals surface area contributed by atoms with Gasteiger partial charge in [0.25, 0.3) is 0 Å². The van der Waals surface area contributed by atoms with Crippen LogP contribution in [0.5, 0.6) is 0 Å². The number of nitrogens with two attached hydrogens (primary N) is 1. The average molecular weight is 462 g/mol. The van der Waals surface area contributed by atoms with Crippen molar-refractivity contribution in [2.75, 3.05) is 13.2 Å². The van der Waals surface area contributed by atoms with Gasteiger partial charge in [0.05, 0.1) is 13.2 Å². The van der Waals surface area contributed by atoms with Crippen LogP contribution in [0.2, 0.25) is 0 Å². The van der Waals surface area contributed by atoms with Crippen molar-refractivity contribution in [1.82, 2.24) is 20.9 Å². The number of para-hydroxylation sites is 1. The Morgan fingerprint density at radius 2 is 1.82 bits per heavy atom. The molecule has 0 radical (unpaired) electrons. The Kier molecular flexibility index (Phi) is 9.37. The Bertz CT molecular complexity index is 991. The molecule has 11 heteroatoms.